The second-order valence-corrected chi connectivity index (χ2v) is 5.77. The van der Waals surface area contributed by atoms with Gasteiger partial charge in [0.25, 0.3) is 0 Å². The van der Waals surface area contributed by atoms with Gasteiger partial charge in [0, 0.05) is 43.3 Å². The van der Waals surface area contributed by atoms with Gasteiger partial charge in [-0.25, -0.2) is 0 Å². The fourth-order valence-corrected chi connectivity index (χ4v) is 2.98. The number of hydrogen-bond acceptors (Lipinski definition) is 3. The van der Waals surface area contributed by atoms with Crippen LogP contribution in [0.1, 0.15) is 25.7 Å². The second kappa shape index (κ2) is 6.16. The Balaban J connectivity index is 1.59. The summed E-state index contributed by atoms with van der Waals surface area (Å²) in [5.41, 5.74) is 2.01. The van der Waals surface area contributed by atoms with Crippen LogP contribution < -0.4 is 15.5 Å². The molecule has 1 atom stereocenters. The first kappa shape index (κ1) is 13.9. The molecule has 2 heterocycles. The number of piperidine rings is 1. The molecule has 5 nitrogen and oxygen atoms in total. The van der Waals surface area contributed by atoms with Crippen molar-refractivity contribution < 1.29 is 9.59 Å². The molecule has 1 aromatic rings. The number of benzene rings is 1. The summed E-state index contributed by atoms with van der Waals surface area (Å²) in [5, 5.41) is 5.66. The molecule has 1 aromatic carbocycles. The van der Waals surface area contributed by atoms with Gasteiger partial charge in [0.05, 0.1) is 0 Å². The molecule has 0 saturated carbocycles. The Hall–Kier alpha value is -2.04. The summed E-state index contributed by atoms with van der Waals surface area (Å²) in [6, 6.07) is 7.98. The van der Waals surface area contributed by atoms with Crippen molar-refractivity contribution in [3.63, 3.8) is 0 Å². The average Bonchev–Trinajstić information content (AvgIpc) is 3.02. The summed E-state index contributed by atoms with van der Waals surface area (Å²) in [6.45, 7) is 2.82. The molecular weight excluding hydrogens is 266 g/mol. The quantitative estimate of drug-likeness (QED) is 0.890. The van der Waals surface area contributed by atoms with E-state index in [1.165, 1.54) is 18.5 Å². The first-order valence-corrected chi connectivity index (χ1v) is 7.65. The van der Waals surface area contributed by atoms with E-state index in [0.717, 1.165) is 18.8 Å². The molecular formula is C16H21N3O2. The standard InChI is InChI=1S/C16H21N3O2/c20-15-11-12(7-8-17-15)16(21)18-13-3-5-14(6-4-13)19-9-1-2-10-19/h3-6,12H,1-2,7-11H2,(H,17,20)(H,18,21). The lowest BCUT2D eigenvalue weighted by Gasteiger charge is -2.21. The van der Waals surface area contributed by atoms with E-state index in [-0.39, 0.29) is 24.2 Å². The van der Waals surface area contributed by atoms with Crippen molar-refractivity contribution in [3.8, 4) is 0 Å². The van der Waals surface area contributed by atoms with E-state index in [1.54, 1.807) is 0 Å². The molecule has 0 aromatic heterocycles. The van der Waals surface area contributed by atoms with Crippen LogP contribution in [-0.2, 0) is 9.59 Å². The van der Waals surface area contributed by atoms with Gasteiger partial charge in [-0.3, -0.25) is 9.59 Å². The largest absolute Gasteiger partial charge is 0.372 e. The summed E-state index contributed by atoms with van der Waals surface area (Å²) >= 11 is 0. The minimum atomic E-state index is -0.211. The maximum absolute atomic E-state index is 12.2. The highest BCUT2D eigenvalue weighted by atomic mass is 16.2. The number of carbonyl (C=O) groups excluding carboxylic acids is 2. The highest BCUT2D eigenvalue weighted by molar-refractivity contribution is 5.95. The fourth-order valence-electron chi connectivity index (χ4n) is 2.98. The van der Waals surface area contributed by atoms with E-state index in [9.17, 15) is 9.59 Å². The van der Waals surface area contributed by atoms with Gasteiger partial charge in [-0.15, -0.1) is 0 Å². The van der Waals surface area contributed by atoms with Gasteiger partial charge in [-0.1, -0.05) is 0 Å². The van der Waals surface area contributed by atoms with Crippen LogP contribution in [0.2, 0.25) is 0 Å². The smallest absolute Gasteiger partial charge is 0.228 e. The van der Waals surface area contributed by atoms with Crippen LogP contribution in [0.3, 0.4) is 0 Å². The highest BCUT2D eigenvalue weighted by Gasteiger charge is 2.25. The van der Waals surface area contributed by atoms with Crippen molar-refractivity contribution in [2.75, 3.05) is 29.9 Å². The summed E-state index contributed by atoms with van der Waals surface area (Å²) in [7, 11) is 0. The monoisotopic (exact) mass is 287 g/mol. The van der Waals surface area contributed by atoms with E-state index in [0.29, 0.717) is 13.0 Å². The first-order chi connectivity index (χ1) is 10.2. The number of anilines is 2. The number of nitrogens with one attached hydrogen (secondary N) is 2. The molecule has 0 aliphatic carbocycles. The van der Waals surface area contributed by atoms with Crippen molar-refractivity contribution >= 4 is 23.2 Å². The summed E-state index contributed by atoms with van der Waals surface area (Å²) < 4.78 is 0. The van der Waals surface area contributed by atoms with E-state index in [4.69, 9.17) is 0 Å². The van der Waals surface area contributed by atoms with Crippen molar-refractivity contribution in [1.82, 2.24) is 5.32 Å². The molecule has 3 rings (SSSR count). The lowest BCUT2D eigenvalue weighted by atomic mass is 9.96. The van der Waals surface area contributed by atoms with E-state index < -0.39 is 0 Å². The molecule has 2 amide bonds. The number of hydrogen-bond donors (Lipinski definition) is 2. The zero-order valence-electron chi connectivity index (χ0n) is 12.1. The number of nitrogens with zero attached hydrogens (tertiary/aromatic N) is 1. The molecule has 21 heavy (non-hydrogen) atoms. The molecule has 5 heteroatoms. The minimum Gasteiger partial charge on any atom is -0.372 e. The van der Waals surface area contributed by atoms with Crippen LogP contribution in [0.5, 0.6) is 0 Å². The van der Waals surface area contributed by atoms with Gasteiger partial charge in [0.2, 0.25) is 11.8 Å². The predicted molar refractivity (Wildman–Crippen MR) is 82.3 cm³/mol. The molecule has 2 aliphatic rings. The third-order valence-corrected chi connectivity index (χ3v) is 4.22. The van der Waals surface area contributed by atoms with Crippen LogP contribution >= 0.6 is 0 Å². The Kier molecular flexibility index (Phi) is 4.08. The zero-order chi connectivity index (χ0) is 14.7. The second-order valence-electron chi connectivity index (χ2n) is 5.77. The molecule has 2 aliphatic heterocycles. The number of rotatable bonds is 3. The Morgan fingerprint density at radius 3 is 2.57 bits per heavy atom. The van der Waals surface area contributed by atoms with E-state index in [1.807, 2.05) is 12.1 Å². The summed E-state index contributed by atoms with van der Waals surface area (Å²) in [4.78, 5) is 25.8. The van der Waals surface area contributed by atoms with Gasteiger partial charge < -0.3 is 15.5 Å². The van der Waals surface area contributed by atoms with E-state index >= 15 is 0 Å². The zero-order valence-corrected chi connectivity index (χ0v) is 12.1. The van der Waals surface area contributed by atoms with E-state index in [2.05, 4.69) is 27.7 Å². The molecule has 2 saturated heterocycles. The lowest BCUT2D eigenvalue weighted by molar-refractivity contribution is -0.129. The molecule has 2 N–H and O–H groups in total. The Morgan fingerprint density at radius 1 is 1.19 bits per heavy atom. The van der Waals surface area contributed by atoms with Crippen LogP contribution in [0.4, 0.5) is 11.4 Å². The van der Waals surface area contributed by atoms with Crippen LogP contribution in [0, 0.1) is 5.92 Å². The third-order valence-electron chi connectivity index (χ3n) is 4.22. The topological polar surface area (TPSA) is 61.4 Å². The molecule has 0 spiro atoms. The Labute approximate surface area is 124 Å². The maximum atomic E-state index is 12.2. The first-order valence-electron chi connectivity index (χ1n) is 7.65. The van der Waals surface area contributed by atoms with Gasteiger partial charge in [-0.05, 0) is 43.5 Å². The molecule has 2 fully saturated rings. The lowest BCUT2D eigenvalue weighted by Crippen LogP contribution is -2.38. The maximum Gasteiger partial charge on any atom is 0.228 e. The molecule has 0 bridgehead atoms. The van der Waals surface area contributed by atoms with Gasteiger partial charge in [-0.2, -0.15) is 0 Å². The Bertz CT molecular complexity index is 521. The average molecular weight is 287 g/mol. The molecule has 0 radical (unpaired) electrons. The highest BCUT2D eigenvalue weighted by Crippen LogP contribution is 2.23. The predicted octanol–water partition coefficient (Wildman–Crippen LogP) is 1.75. The van der Waals surface area contributed by atoms with Crippen LogP contribution in [0.25, 0.3) is 0 Å². The summed E-state index contributed by atoms with van der Waals surface area (Å²) in [5.74, 6) is -0.304. The van der Waals surface area contributed by atoms with Gasteiger partial charge in [0.1, 0.15) is 0 Å². The fraction of sp³-hybridized carbons (Fsp3) is 0.500. The third kappa shape index (κ3) is 3.35. The van der Waals surface area contributed by atoms with Crippen molar-refractivity contribution in [1.29, 1.82) is 0 Å². The number of amides is 2. The van der Waals surface area contributed by atoms with Crippen molar-refractivity contribution in [2.24, 2.45) is 5.92 Å². The number of carbonyl (C=O) groups is 2. The van der Waals surface area contributed by atoms with Gasteiger partial charge >= 0.3 is 0 Å². The Morgan fingerprint density at radius 2 is 1.90 bits per heavy atom. The van der Waals surface area contributed by atoms with Gasteiger partial charge in [0.15, 0.2) is 0 Å². The SMILES string of the molecule is O=C1CC(C(=O)Nc2ccc(N3CCCC3)cc2)CCN1. The van der Waals surface area contributed by atoms with Crippen LogP contribution in [0.15, 0.2) is 24.3 Å². The summed E-state index contributed by atoms with van der Waals surface area (Å²) in [6.07, 6.45) is 3.51. The molecule has 112 valence electrons. The normalized spacial score (nSPS) is 22.0. The minimum absolute atomic E-state index is 0.0363. The molecule has 1 unspecified atom stereocenters. The van der Waals surface area contributed by atoms with Crippen LogP contribution in [-0.4, -0.2) is 31.4 Å². The van der Waals surface area contributed by atoms with Crippen molar-refractivity contribution in [3.05, 3.63) is 24.3 Å². The van der Waals surface area contributed by atoms with Crippen molar-refractivity contribution in [2.45, 2.75) is 25.7 Å².